The largest absolute Gasteiger partial charge is 0.339 e. The summed E-state index contributed by atoms with van der Waals surface area (Å²) in [5.74, 6) is 0.0319. The van der Waals surface area contributed by atoms with Gasteiger partial charge in [-0.1, -0.05) is 37.2 Å². The number of carbonyl (C=O) groups is 1. The summed E-state index contributed by atoms with van der Waals surface area (Å²) in [5.41, 5.74) is 2.32. The molecule has 1 saturated heterocycles. The van der Waals surface area contributed by atoms with E-state index in [0.29, 0.717) is 48.3 Å². The second kappa shape index (κ2) is 8.39. The Morgan fingerprint density at radius 2 is 1.87 bits per heavy atom. The molecule has 0 unspecified atom stereocenters. The summed E-state index contributed by atoms with van der Waals surface area (Å²) in [7, 11) is -3.57. The van der Waals surface area contributed by atoms with Crippen LogP contribution in [0.2, 0.25) is 0 Å². The van der Waals surface area contributed by atoms with Crippen molar-refractivity contribution in [1.29, 1.82) is 0 Å². The molecule has 9 heteroatoms. The second-order valence-electron chi connectivity index (χ2n) is 8.20. The van der Waals surface area contributed by atoms with Crippen molar-refractivity contribution in [3.63, 3.8) is 0 Å². The number of aromatic nitrogens is 2. The summed E-state index contributed by atoms with van der Waals surface area (Å²) < 4.78 is 33.2. The Morgan fingerprint density at radius 3 is 2.52 bits per heavy atom. The molecule has 1 aromatic carbocycles. The zero-order chi connectivity index (χ0) is 22.2. The number of benzene rings is 1. The number of pyridine rings is 1. The van der Waals surface area contributed by atoms with E-state index in [1.807, 2.05) is 19.9 Å². The number of likely N-dealkylation sites (tertiary alicyclic amines) is 1. The molecule has 1 aliphatic heterocycles. The van der Waals surface area contributed by atoms with Gasteiger partial charge in [0, 0.05) is 24.8 Å². The monoisotopic (exact) mass is 442 g/mol. The molecular formula is C22H26N4O4S. The number of nitrogens with zero attached hydrogens (tertiary/aromatic N) is 3. The van der Waals surface area contributed by atoms with Gasteiger partial charge in [-0.05, 0) is 43.9 Å². The smallest absolute Gasteiger partial charge is 0.259 e. The first-order valence-electron chi connectivity index (χ1n) is 10.4. The van der Waals surface area contributed by atoms with Crippen LogP contribution in [0.4, 0.5) is 0 Å². The van der Waals surface area contributed by atoms with E-state index in [-0.39, 0.29) is 22.8 Å². The van der Waals surface area contributed by atoms with Gasteiger partial charge in [-0.3, -0.25) is 4.79 Å². The van der Waals surface area contributed by atoms with E-state index in [1.54, 1.807) is 42.2 Å². The lowest BCUT2D eigenvalue weighted by Crippen LogP contribution is -2.46. The third kappa shape index (κ3) is 4.33. The molecule has 1 N–H and O–H groups in total. The van der Waals surface area contributed by atoms with E-state index in [4.69, 9.17) is 4.52 Å². The van der Waals surface area contributed by atoms with Gasteiger partial charge < -0.3 is 9.42 Å². The lowest BCUT2D eigenvalue weighted by molar-refractivity contribution is 0.0713. The quantitative estimate of drug-likeness (QED) is 0.650. The Kier molecular flexibility index (Phi) is 5.81. The number of carbonyl (C=O) groups excluding carboxylic acids is 1. The minimum absolute atomic E-state index is 0.107. The van der Waals surface area contributed by atoms with Crippen LogP contribution in [-0.2, 0) is 10.0 Å². The van der Waals surface area contributed by atoms with Crippen molar-refractivity contribution in [2.75, 3.05) is 13.1 Å². The number of piperidine rings is 1. The van der Waals surface area contributed by atoms with Crippen molar-refractivity contribution >= 4 is 27.0 Å². The molecule has 164 valence electrons. The maximum absolute atomic E-state index is 13.3. The SMILES string of the molecule is Cc1noc2nc(C(C)C)cc(C(=O)N3CCC(NS(=O)(=O)c4ccccc4)CC3)c12. The summed E-state index contributed by atoms with van der Waals surface area (Å²) in [5, 5.41) is 4.62. The number of amides is 1. The van der Waals surface area contributed by atoms with Gasteiger partial charge in [0.1, 0.15) is 0 Å². The molecule has 1 aliphatic rings. The topological polar surface area (TPSA) is 105 Å². The third-order valence-electron chi connectivity index (χ3n) is 5.62. The van der Waals surface area contributed by atoms with Crippen molar-refractivity contribution in [3.8, 4) is 0 Å². The molecule has 3 heterocycles. The number of aryl methyl sites for hydroxylation is 1. The van der Waals surface area contributed by atoms with Crippen molar-refractivity contribution in [2.45, 2.75) is 50.5 Å². The molecule has 0 bridgehead atoms. The molecule has 8 nitrogen and oxygen atoms in total. The van der Waals surface area contributed by atoms with Crippen LogP contribution in [0.3, 0.4) is 0 Å². The fraction of sp³-hybridized carbons (Fsp3) is 0.409. The Morgan fingerprint density at radius 1 is 1.19 bits per heavy atom. The van der Waals surface area contributed by atoms with Gasteiger partial charge in [-0.2, -0.15) is 0 Å². The number of sulfonamides is 1. The maximum Gasteiger partial charge on any atom is 0.259 e. The van der Waals surface area contributed by atoms with Gasteiger partial charge in [0.15, 0.2) is 0 Å². The number of nitrogens with one attached hydrogen (secondary N) is 1. The second-order valence-corrected chi connectivity index (χ2v) is 9.91. The van der Waals surface area contributed by atoms with Gasteiger partial charge in [0.05, 0.1) is 21.5 Å². The standard InChI is InChI=1S/C22H26N4O4S/c1-14(2)19-13-18(20-15(3)24-30-21(20)23-19)22(27)26-11-9-16(10-12-26)25-31(28,29)17-7-5-4-6-8-17/h4-8,13-14,16,25H,9-12H2,1-3H3. The van der Waals surface area contributed by atoms with Crippen molar-refractivity contribution < 1.29 is 17.7 Å². The van der Waals surface area contributed by atoms with Crippen molar-refractivity contribution in [3.05, 3.63) is 53.3 Å². The van der Waals surface area contributed by atoms with Crippen molar-refractivity contribution in [1.82, 2.24) is 19.8 Å². The van der Waals surface area contributed by atoms with Crippen LogP contribution in [0.15, 0.2) is 45.8 Å². The Labute approximate surface area is 181 Å². The van der Waals surface area contributed by atoms with E-state index >= 15 is 0 Å². The minimum atomic E-state index is -3.57. The van der Waals surface area contributed by atoms with Gasteiger partial charge in [-0.25, -0.2) is 18.1 Å². The molecule has 0 aliphatic carbocycles. The molecule has 0 radical (unpaired) electrons. The zero-order valence-electron chi connectivity index (χ0n) is 17.8. The molecular weight excluding hydrogens is 416 g/mol. The molecule has 4 rings (SSSR count). The van der Waals surface area contributed by atoms with E-state index in [2.05, 4.69) is 14.9 Å². The average molecular weight is 443 g/mol. The predicted octanol–water partition coefficient (Wildman–Crippen LogP) is 3.24. The minimum Gasteiger partial charge on any atom is -0.339 e. The summed E-state index contributed by atoms with van der Waals surface area (Å²) in [6, 6.07) is 9.93. The van der Waals surface area contributed by atoms with Crippen LogP contribution < -0.4 is 4.72 Å². The van der Waals surface area contributed by atoms with Gasteiger partial charge >= 0.3 is 0 Å². The number of fused-ring (bicyclic) bond motifs is 1. The molecule has 1 fully saturated rings. The first-order chi connectivity index (χ1) is 14.8. The van der Waals surface area contributed by atoms with E-state index in [9.17, 15) is 13.2 Å². The Balaban J connectivity index is 1.50. The van der Waals surface area contributed by atoms with Crippen LogP contribution in [0.1, 0.15) is 54.4 Å². The van der Waals surface area contributed by atoms with E-state index in [0.717, 1.165) is 5.69 Å². The summed E-state index contributed by atoms with van der Waals surface area (Å²) in [6.07, 6.45) is 1.09. The highest BCUT2D eigenvalue weighted by Gasteiger charge is 2.29. The zero-order valence-corrected chi connectivity index (χ0v) is 18.6. The molecule has 0 saturated carbocycles. The predicted molar refractivity (Wildman–Crippen MR) is 116 cm³/mol. The van der Waals surface area contributed by atoms with Crippen LogP contribution in [0, 0.1) is 6.92 Å². The van der Waals surface area contributed by atoms with E-state index < -0.39 is 10.0 Å². The number of hydrogen-bond donors (Lipinski definition) is 1. The normalized spacial score (nSPS) is 15.7. The van der Waals surface area contributed by atoms with Crippen LogP contribution >= 0.6 is 0 Å². The van der Waals surface area contributed by atoms with Gasteiger partial charge in [0.2, 0.25) is 10.0 Å². The van der Waals surface area contributed by atoms with Crippen molar-refractivity contribution in [2.24, 2.45) is 0 Å². The summed E-state index contributed by atoms with van der Waals surface area (Å²) in [6.45, 7) is 6.74. The fourth-order valence-corrected chi connectivity index (χ4v) is 5.16. The van der Waals surface area contributed by atoms with E-state index in [1.165, 1.54) is 0 Å². The molecule has 3 aromatic rings. The average Bonchev–Trinajstić information content (AvgIpc) is 3.14. The molecule has 2 aromatic heterocycles. The molecule has 31 heavy (non-hydrogen) atoms. The highest BCUT2D eigenvalue weighted by atomic mass is 32.2. The Bertz CT molecular complexity index is 1200. The third-order valence-corrected chi connectivity index (χ3v) is 7.15. The van der Waals surface area contributed by atoms with Crippen LogP contribution in [-0.4, -0.2) is 48.5 Å². The fourth-order valence-electron chi connectivity index (χ4n) is 3.84. The Hall–Kier alpha value is -2.78. The molecule has 0 spiro atoms. The highest BCUT2D eigenvalue weighted by molar-refractivity contribution is 7.89. The number of rotatable bonds is 5. The number of hydrogen-bond acceptors (Lipinski definition) is 6. The lowest BCUT2D eigenvalue weighted by Gasteiger charge is -2.32. The van der Waals surface area contributed by atoms with Crippen LogP contribution in [0.25, 0.3) is 11.1 Å². The molecule has 1 amide bonds. The molecule has 0 atom stereocenters. The first-order valence-corrected chi connectivity index (χ1v) is 11.9. The van der Waals surface area contributed by atoms with Gasteiger partial charge in [-0.15, -0.1) is 0 Å². The summed E-state index contributed by atoms with van der Waals surface area (Å²) in [4.78, 5) is 19.8. The highest BCUT2D eigenvalue weighted by Crippen LogP contribution is 2.27. The van der Waals surface area contributed by atoms with Gasteiger partial charge in [0.25, 0.3) is 11.6 Å². The first kappa shape index (κ1) is 21.5. The van der Waals surface area contributed by atoms with Crippen LogP contribution in [0.5, 0.6) is 0 Å². The maximum atomic E-state index is 13.3. The lowest BCUT2D eigenvalue weighted by atomic mass is 10.0. The summed E-state index contributed by atoms with van der Waals surface area (Å²) >= 11 is 0.